The van der Waals surface area contributed by atoms with Gasteiger partial charge in [0.25, 0.3) is 5.91 Å². The molecule has 0 saturated heterocycles. The molecule has 0 aliphatic carbocycles. The van der Waals surface area contributed by atoms with Gasteiger partial charge in [0.15, 0.2) is 6.10 Å². The lowest BCUT2D eigenvalue weighted by Crippen LogP contribution is -2.30. The molecule has 1 heterocycles. The van der Waals surface area contributed by atoms with Gasteiger partial charge in [-0.15, -0.1) is 0 Å². The second-order valence-corrected chi connectivity index (χ2v) is 6.82. The molecule has 6 heteroatoms. The summed E-state index contributed by atoms with van der Waals surface area (Å²) in [6.07, 6.45) is -1.01. The van der Waals surface area contributed by atoms with E-state index in [0.29, 0.717) is 11.3 Å². The average Bonchev–Trinajstić information content (AvgIpc) is 3.01. The fourth-order valence-corrected chi connectivity index (χ4v) is 3.55. The first-order valence-corrected chi connectivity index (χ1v) is 9.34. The summed E-state index contributed by atoms with van der Waals surface area (Å²) in [5.41, 5.74) is 7.75. The number of hydrogen-bond acceptors (Lipinski definition) is 5. The molecule has 1 aromatic heterocycles. The van der Waals surface area contributed by atoms with Crippen LogP contribution in [-0.2, 0) is 21.0 Å². The van der Waals surface area contributed by atoms with Gasteiger partial charge >= 0.3 is 5.97 Å². The Morgan fingerprint density at radius 1 is 1.08 bits per heavy atom. The summed E-state index contributed by atoms with van der Waals surface area (Å²) >= 11 is 1.68. The van der Waals surface area contributed by atoms with E-state index in [4.69, 9.17) is 14.9 Å². The van der Waals surface area contributed by atoms with Crippen LogP contribution in [0.25, 0.3) is 11.0 Å². The maximum Gasteiger partial charge on any atom is 0.375 e. The maximum atomic E-state index is 12.5. The van der Waals surface area contributed by atoms with Gasteiger partial charge in [-0.3, -0.25) is 4.79 Å². The van der Waals surface area contributed by atoms with E-state index in [2.05, 4.69) is 12.1 Å². The predicted molar refractivity (Wildman–Crippen MR) is 102 cm³/mol. The van der Waals surface area contributed by atoms with Crippen LogP contribution in [0.1, 0.15) is 28.6 Å². The summed E-state index contributed by atoms with van der Waals surface area (Å²) in [7, 11) is 0. The van der Waals surface area contributed by atoms with Crippen LogP contribution in [0.3, 0.4) is 0 Å². The third kappa shape index (κ3) is 4.08. The molecule has 2 N–H and O–H groups in total. The number of nitrogens with two attached hydrogens (primary N) is 1. The highest BCUT2D eigenvalue weighted by atomic mass is 32.2. The van der Waals surface area contributed by atoms with Crippen LogP contribution in [0.5, 0.6) is 0 Å². The quantitative estimate of drug-likeness (QED) is 0.639. The van der Waals surface area contributed by atoms with Crippen LogP contribution in [0.2, 0.25) is 0 Å². The molecule has 5 nitrogen and oxygen atoms in total. The second-order valence-electron chi connectivity index (χ2n) is 5.83. The van der Waals surface area contributed by atoms with Crippen LogP contribution in [0.4, 0.5) is 0 Å². The fraction of sp³-hybridized carbons (Fsp3) is 0.200. The first-order chi connectivity index (χ1) is 12.6. The summed E-state index contributed by atoms with van der Waals surface area (Å²) in [5.74, 6) is 0.144. The monoisotopic (exact) mass is 369 g/mol. The molecule has 26 heavy (non-hydrogen) atoms. The van der Waals surface area contributed by atoms with E-state index >= 15 is 0 Å². The molecule has 1 amide bonds. The number of fused-ring (bicyclic) bond motifs is 1. The normalized spacial score (nSPS) is 12.0. The van der Waals surface area contributed by atoms with Gasteiger partial charge in [0.05, 0.1) is 0 Å². The number of hydrogen-bond donors (Lipinski definition) is 1. The van der Waals surface area contributed by atoms with E-state index in [1.165, 1.54) is 12.5 Å². The van der Waals surface area contributed by atoms with E-state index in [1.54, 1.807) is 17.8 Å². The molecule has 0 fully saturated rings. The van der Waals surface area contributed by atoms with Crippen molar-refractivity contribution in [3.63, 3.8) is 0 Å². The van der Waals surface area contributed by atoms with Gasteiger partial charge in [-0.1, -0.05) is 48.5 Å². The predicted octanol–water partition coefficient (Wildman–Crippen LogP) is 3.90. The summed E-state index contributed by atoms with van der Waals surface area (Å²) in [6, 6.07) is 17.5. The van der Waals surface area contributed by atoms with Gasteiger partial charge in [-0.2, -0.15) is 11.8 Å². The van der Waals surface area contributed by atoms with E-state index < -0.39 is 18.0 Å². The summed E-state index contributed by atoms with van der Waals surface area (Å²) in [6.45, 7) is 1.44. The van der Waals surface area contributed by atoms with Gasteiger partial charge in [-0.05, 0) is 18.6 Å². The zero-order valence-electron chi connectivity index (χ0n) is 14.3. The van der Waals surface area contributed by atoms with Gasteiger partial charge in [-0.25, -0.2) is 4.79 Å². The number of furan rings is 1. The number of amides is 1. The van der Waals surface area contributed by atoms with E-state index in [0.717, 1.165) is 16.7 Å². The number of primary amides is 1. The van der Waals surface area contributed by atoms with Crippen molar-refractivity contribution in [2.75, 3.05) is 0 Å². The van der Waals surface area contributed by atoms with Crippen molar-refractivity contribution in [2.45, 2.75) is 24.5 Å². The minimum Gasteiger partial charge on any atom is -0.449 e. The fourth-order valence-electron chi connectivity index (χ4n) is 2.52. The Morgan fingerprint density at radius 3 is 2.50 bits per heavy atom. The zero-order chi connectivity index (χ0) is 18.5. The van der Waals surface area contributed by atoms with Crippen molar-refractivity contribution in [1.82, 2.24) is 0 Å². The highest BCUT2D eigenvalue weighted by Gasteiger charge is 2.24. The van der Waals surface area contributed by atoms with Gasteiger partial charge in [0, 0.05) is 22.5 Å². The summed E-state index contributed by atoms with van der Waals surface area (Å²) in [5, 5.41) is 0.867. The molecule has 0 bridgehead atoms. The van der Waals surface area contributed by atoms with E-state index in [9.17, 15) is 9.59 Å². The number of benzene rings is 2. The first-order valence-electron chi connectivity index (χ1n) is 8.18. The highest BCUT2D eigenvalue weighted by Crippen LogP contribution is 2.31. The molecule has 0 saturated carbocycles. The second kappa shape index (κ2) is 8.10. The molecule has 0 radical (unpaired) electrons. The Hall–Kier alpha value is -2.73. The smallest absolute Gasteiger partial charge is 0.375 e. The van der Waals surface area contributed by atoms with Crippen molar-refractivity contribution in [3.8, 4) is 0 Å². The number of para-hydroxylation sites is 1. The number of carbonyl (C=O) groups excluding carboxylic acids is 2. The Labute approximate surface area is 155 Å². The topological polar surface area (TPSA) is 82.5 Å². The van der Waals surface area contributed by atoms with Crippen molar-refractivity contribution < 1.29 is 18.7 Å². The van der Waals surface area contributed by atoms with E-state index in [-0.39, 0.29) is 5.76 Å². The van der Waals surface area contributed by atoms with Crippen LogP contribution in [0.15, 0.2) is 59.0 Å². The Kier molecular flexibility index (Phi) is 5.63. The van der Waals surface area contributed by atoms with Crippen LogP contribution in [0, 0.1) is 0 Å². The molecule has 0 spiro atoms. The zero-order valence-corrected chi connectivity index (χ0v) is 15.1. The molecule has 3 aromatic rings. The van der Waals surface area contributed by atoms with Crippen molar-refractivity contribution in [2.24, 2.45) is 5.73 Å². The Bertz CT molecular complexity index is 920. The lowest BCUT2D eigenvalue weighted by atomic mass is 10.1. The molecule has 0 unspecified atom stereocenters. The first kappa shape index (κ1) is 18.1. The van der Waals surface area contributed by atoms with Gasteiger partial charge < -0.3 is 14.9 Å². The summed E-state index contributed by atoms with van der Waals surface area (Å²) in [4.78, 5) is 23.6. The number of carbonyl (C=O) groups is 2. The molecule has 0 aliphatic rings. The van der Waals surface area contributed by atoms with Gasteiger partial charge in [0.1, 0.15) is 5.58 Å². The van der Waals surface area contributed by atoms with Crippen molar-refractivity contribution in [1.29, 1.82) is 0 Å². The molecular formula is C20H19NO4S. The highest BCUT2D eigenvalue weighted by molar-refractivity contribution is 7.97. The molecule has 1 atom stereocenters. The molecule has 134 valence electrons. The molecule has 0 aliphatic heterocycles. The third-order valence-corrected chi connectivity index (χ3v) is 4.96. The number of thioether (sulfide) groups is 1. The van der Waals surface area contributed by atoms with Crippen LogP contribution < -0.4 is 5.73 Å². The standard InChI is InChI=1S/C20H19NO4S/c1-13(19(21)22)24-20(23)18-16(15-9-5-6-10-17(15)25-18)12-26-11-14-7-3-2-4-8-14/h2-10,13H,11-12H2,1H3,(H2,21,22)/t13-/m1/s1. The lowest BCUT2D eigenvalue weighted by molar-refractivity contribution is -0.125. The number of rotatable bonds is 7. The van der Waals surface area contributed by atoms with Crippen LogP contribution in [-0.4, -0.2) is 18.0 Å². The van der Waals surface area contributed by atoms with Gasteiger partial charge in [0.2, 0.25) is 5.76 Å². The SMILES string of the molecule is C[C@@H](OC(=O)c1oc2ccccc2c1CSCc1ccccc1)C(N)=O. The minimum atomic E-state index is -1.01. The van der Waals surface area contributed by atoms with Crippen molar-refractivity contribution in [3.05, 3.63) is 71.5 Å². The number of esters is 1. The van der Waals surface area contributed by atoms with E-state index in [1.807, 2.05) is 36.4 Å². The average molecular weight is 369 g/mol. The van der Waals surface area contributed by atoms with Crippen molar-refractivity contribution >= 4 is 34.6 Å². The Balaban J connectivity index is 1.82. The largest absolute Gasteiger partial charge is 0.449 e. The minimum absolute atomic E-state index is 0.125. The molecule has 2 aromatic carbocycles. The lowest BCUT2D eigenvalue weighted by Gasteiger charge is -2.09. The number of ether oxygens (including phenoxy) is 1. The molecular weight excluding hydrogens is 350 g/mol. The Morgan fingerprint density at radius 2 is 1.77 bits per heavy atom. The third-order valence-electron chi connectivity index (χ3n) is 3.93. The van der Waals surface area contributed by atoms with Crippen LogP contribution >= 0.6 is 11.8 Å². The molecule has 3 rings (SSSR count). The maximum absolute atomic E-state index is 12.5. The summed E-state index contributed by atoms with van der Waals surface area (Å²) < 4.78 is 10.8.